The van der Waals surface area contributed by atoms with Crippen LogP contribution in [0, 0.1) is 17.0 Å². The third kappa shape index (κ3) is 5.47. The number of esters is 1. The Morgan fingerprint density at radius 2 is 1.87 bits per heavy atom. The molecule has 0 unspecified atom stereocenters. The molecule has 2 rings (SSSR count). The number of carbonyl (C=O) groups excluding carboxylic acids is 2. The number of rotatable bonds is 9. The van der Waals surface area contributed by atoms with Crippen LogP contribution in [0.5, 0.6) is 0 Å². The molecule has 0 bridgehead atoms. The first-order valence-corrected chi connectivity index (χ1v) is 10.8. The molecule has 1 N–H and O–H groups in total. The number of nitro benzene ring substituents is 1. The summed E-state index contributed by atoms with van der Waals surface area (Å²) in [5, 5.41) is 13.3. The average Bonchev–Trinajstić information content (AvgIpc) is 3.11. The summed E-state index contributed by atoms with van der Waals surface area (Å²) in [7, 11) is -2.26. The molecule has 1 heterocycles. The second-order valence-electron chi connectivity index (χ2n) is 6.64. The minimum Gasteiger partial charge on any atom is -0.451 e. The number of aryl methyl sites for hydroxylation is 2. The van der Waals surface area contributed by atoms with E-state index in [4.69, 9.17) is 4.74 Å². The number of carbonyl (C=O) groups is 2. The quantitative estimate of drug-likeness (QED) is 0.349. The van der Waals surface area contributed by atoms with Crippen molar-refractivity contribution in [2.45, 2.75) is 25.7 Å². The van der Waals surface area contributed by atoms with Crippen LogP contribution in [-0.2, 0) is 26.6 Å². The Hall–Kier alpha value is -3.25. The highest BCUT2D eigenvalue weighted by atomic mass is 32.2. The normalized spacial score (nSPS) is 11.4. The van der Waals surface area contributed by atoms with Crippen LogP contribution in [0.4, 0.5) is 11.4 Å². The summed E-state index contributed by atoms with van der Waals surface area (Å²) in [4.78, 5) is 34.7. The first kappa shape index (κ1) is 24.0. The average molecular weight is 452 g/mol. The maximum atomic E-state index is 12.6. The van der Waals surface area contributed by atoms with E-state index in [1.54, 1.807) is 20.8 Å². The maximum absolute atomic E-state index is 12.6. The SMILES string of the molecule is CCN(CC)S(=O)(=O)c1cc(C(=O)OCC(=O)Nc2cc([N+](=O)[O-])ccc2C)n(C)c1. The Morgan fingerprint density at radius 1 is 1.23 bits per heavy atom. The van der Waals surface area contributed by atoms with E-state index in [0.717, 1.165) is 0 Å². The molecule has 0 aliphatic rings. The standard InChI is InChI=1S/C19H24N4O7S/c1-5-22(6-2)31(28,29)15-10-17(21(4)11-15)19(25)30-12-18(24)20-16-9-14(23(26)27)8-7-13(16)3/h7-11H,5-6,12H2,1-4H3,(H,20,24). The number of nitrogens with one attached hydrogen (secondary N) is 1. The molecule has 168 valence electrons. The van der Waals surface area contributed by atoms with Crippen LogP contribution in [0.3, 0.4) is 0 Å². The van der Waals surface area contributed by atoms with Crippen molar-refractivity contribution in [2.24, 2.45) is 7.05 Å². The molecular weight excluding hydrogens is 428 g/mol. The summed E-state index contributed by atoms with van der Waals surface area (Å²) in [5.74, 6) is -1.57. The van der Waals surface area contributed by atoms with Gasteiger partial charge in [0.25, 0.3) is 11.6 Å². The van der Waals surface area contributed by atoms with E-state index in [1.807, 2.05) is 0 Å². The summed E-state index contributed by atoms with van der Waals surface area (Å²) in [6.07, 6.45) is 1.30. The highest BCUT2D eigenvalue weighted by molar-refractivity contribution is 7.89. The summed E-state index contributed by atoms with van der Waals surface area (Å²) in [5.41, 5.74) is 0.592. The van der Waals surface area contributed by atoms with Gasteiger partial charge in [-0.3, -0.25) is 14.9 Å². The molecule has 0 saturated carbocycles. The number of aromatic nitrogens is 1. The van der Waals surface area contributed by atoms with Crippen LogP contribution < -0.4 is 5.32 Å². The third-order valence-corrected chi connectivity index (χ3v) is 6.59. The highest BCUT2D eigenvalue weighted by Gasteiger charge is 2.26. The van der Waals surface area contributed by atoms with Gasteiger partial charge >= 0.3 is 5.97 Å². The maximum Gasteiger partial charge on any atom is 0.355 e. The van der Waals surface area contributed by atoms with Crippen molar-refractivity contribution in [2.75, 3.05) is 25.0 Å². The predicted octanol–water partition coefficient (Wildman–Crippen LogP) is 2.07. The molecular formula is C19H24N4O7S. The van der Waals surface area contributed by atoms with Gasteiger partial charge < -0.3 is 14.6 Å². The van der Waals surface area contributed by atoms with Crippen LogP contribution in [0.2, 0.25) is 0 Å². The molecule has 0 atom stereocenters. The van der Waals surface area contributed by atoms with Crippen molar-refractivity contribution in [3.05, 3.63) is 51.8 Å². The van der Waals surface area contributed by atoms with E-state index in [-0.39, 0.29) is 35.1 Å². The number of non-ortho nitro benzene ring substituents is 1. The Morgan fingerprint density at radius 3 is 2.45 bits per heavy atom. The van der Waals surface area contributed by atoms with Crippen molar-refractivity contribution >= 4 is 33.3 Å². The number of hydrogen-bond acceptors (Lipinski definition) is 7. The molecule has 11 nitrogen and oxygen atoms in total. The number of sulfonamides is 1. The van der Waals surface area contributed by atoms with Gasteiger partial charge in [0.15, 0.2) is 6.61 Å². The molecule has 1 aromatic carbocycles. The van der Waals surface area contributed by atoms with Gasteiger partial charge in [0.1, 0.15) is 10.6 Å². The number of ether oxygens (including phenoxy) is 1. The zero-order valence-corrected chi connectivity index (χ0v) is 18.4. The van der Waals surface area contributed by atoms with Crippen molar-refractivity contribution in [3.63, 3.8) is 0 Å². The number of hydrogen-bond donors (Lipinski definition) is 1. The van der Waals surface area contributed by atoms with E-state index in [9.17, 15) is 28.1 Å². The first-order valence-electron chi connectivity index (χ1n) is 9.39. The van der Waals surface area contributed by atoms with Crippen LogP contribution >= 0.6 is 0 Å². The van der Waals surface area contributed by atoms with Gasteiger partial charge in [-0.25, -0.2) is 13.2 Å². The van der Waals surface area contributed by atoms with Gasteiger partial charge in [-0.15, -0.1) is 0 Å². The molecule has 12 heteroatoms. The monoisotopic (exact) mass is 452 g/mol. The molecule has 0 aliphatic carbocycles. The van der Waals surface area contributed by atoms with Gasteiger partial charge in [0, 0.05) is 38.5 Å². The Balaban J connectivity index is 2.08. The second-order valence-corrected chi connectivity index (χ2v) is 8.58. The largest absolute Gasteiger partial charge is 0.451 e. The van der Waals surface area contributed by atoms with Crippen LogP contribution in [0.1, 0.15) is 29.9 Å². The lowest BCUT2D eigenvalue weighted by Crippen LogP contribution is -2.30. The minimum atomic E-state index is -3.75. The van der Waals surface area contributed by atoms with Crippen molar-refractivity contribution in [1.29, 1.82) is 0 Å². The fraction of sp³-hybridized carbons (Fsp3) is 0.368. The Labute approximate surface area is 179 Å². The molecule has 0 saturated heterocycles. The molecule has 1 aromatic heterocycles. The van der Waals surface area contributed by atoms with Gasteiger partial charge in [0.2, 0.25) is 10.0 Å². The lowest BCUT2D eigenvalue weighted by Gasteiger charge is -2.17. The number of nitrogens with zero attached hydrogens (tertiary/aromatic N) is 3. The smallest absolute Gasteiger partial charge is 0.355 e. The molecule has 1 amide bonds. The van der Waals surface area contributed by atoms with Crippen LogP contribution in [-0.4, -0.2) is 53.8 Å². The number of benzene rings is 1. The van der Waals surface area contributed by atoms with Gasteiger partial charge in [-0.1, -0.05) is 19.9 Å². The molecule has 2 aromatic rings. The Bertz CT molecular complexity index is 1100. The molecule has 0 aliphatic heterocycles. The summed E-state index contributed by atoms with van der Waals surface area (Å²) >= 11 is 0. The van der Waals surface area contributed by atoms with E-state index in [2.05, 4.69) is 5.32 Å². The third-order valence-electron chi connectivity index (χ3n) is 4.57. The van der Waals surface area contributed by atoms with Crippen LogP contribution in [0.25, 0.3) is 0 Å². The van der Waals surface area contributed by atoms with E-state index >= 15 is 0 Å². The summed E-state index contributed by atoms with van der Waals surface area (Å²) in [6, 6.07) is 5.20. The number of nitro groups is 1. The molecule has 0 spiro atoms. The molecule has 0 radical (unpaired) electrons. The zero-order chi connectivity index (χ0) is 23.3. The van der Waals surface area contributed by atoms with E-state index < -0.39 is 33.4 Å². The van der Waals surface area contributed by atoms with Gasteiger partial charge in [-0.05, 0) is 18.6 Å². The first-order chi connectivity index (χ1) is 14.5. The minimum absolute atomic E-state index is 0.0370. The summed E-state index contributed by atoms with van der Waals surface area (Å²) in [6.45, 7) is 4.99. The summed E-state index contributed by atoms with van der Waals surface area (Å²) < 4.78 is 32.8. The number of anilines is 1. The lowest BCUT2D eigenvalue weighted by molar-refractivity contribution is -0.384. The van der Waals surface area contributed by atoms with Crippen molar-refractivity contribution < 1.29 is 27.7 Å². The van der Waals surface area contributed by atoms with Crippen LogP contribution in [0.15, 0.2) is 35.4 Å². The topological polar surface area (TPSA) is 141 Å². The van der Waals surface area contributed by atoms with E-state index in [1.165, 1.54) is 46.4 Å². The fourth-order valence-corrected chi connectivity index (χ4v) is 4.37. The van der Waals surface area contributed by atoms with Crippen molar-refractivity contribution in [3.8, 4) is 0 Å². The van der Waals surface area contributed by atoms with E-state index in [0.29, 0.717) is 5.56 Å². The molecule has 0 fully saturated rings. The fourth-order valence-electron chi connectivity index (χ4n) is 2.84. The lowest BCUT2D eigenvalue weighted by atomic mass is 10.2. The van der Waals surface area contributed by atoms with Crippen molar-refractivity contribution in [1.82, 2.24) is 8.87 Å². The van der Waals surface area contributed by atoms with Gasteiger partial charge in [-0.2, -0.15) is 4.31 Å². The predicted molar refractivity (Wildman–Crippen MR) is 112 cm³/mol. The number of amides is 1. The zero-order valence-electron chi connectivity index (χ0n) is 17.6. The highest BCUT2D eigenvalue weighted by Crippen LogP contribution is 2.22. The van der Waals surface area contributed by atoms with Gasteiger partial charge in [0.05, 0.1) is 10.6 Å². The second kappa shape index (κ2) is 9.71. The Kier molecular flexibility index (Phi) is 7.52. The molecule has 31 heavy (non-hydrogen) atoms.